The maximum Gasteiger partial charge on any atom is 0.169 e. The van der Waals surface area contributed by atoms with Crippen molar-refractivity contribution in [2.45, 2.75) is 18.8 Å². The highest BCUT2D eigenvalue weighted by atomic mass is 32.2. The fourth-order valence-corrected chi connectivity index (χ4v) is 3.19. The van der Waals surface area contributed by atoms with Crippen LogP contribution in [0, 0.1) is 0 Å². The molecule has 84 valence electrons. The van der Waals surface area contributed by atoms with Crippen LogP contribution in [-0.4, -0.2) is 53.0 Å². The van der Waals surface area contributed by atoms with Gasteiger partial charge in [0.2, 0.25) is 0 Å². The normalized spacial score (nSPS) is 25.8. The Morgan fingerprint density at radius 1 is 1.43 bits per heavy atom. The summed E-state index contributed by atoms with van der Waals surface area (Å²) in [5.74, 6) is 0.516. The molecular weight excluding hydrogens is 206 g/mol. The Hall–Kier alpha value is -0.170. The third kappa shape index (κ3) is 3.53. The fraction of sp³-hybridized carbons (Fsp3) is 1.00. The highest BCUT2D eigenvalue weighted by Gasteiger charge is 2.27. The van der Waals surface area contributed by atoms with Gasteiger partial charge in [-0.05, 0) is 6.42 Å². The molecule has 0 aromatic carbocycles. The predicted molar refractivity (Wildman–Crippen MR) is 52.9 cm³/mol. The summed E-state index contributed by atoms with van der Waals surface area (Å²) in [6, 6.07) is 0.0489. The van der Waals surface area contributed by atoms with Crippen molar-refractivity contribution < 1.29 is 17.9 Å². The molecule has 1 aliphatic heterocycles. The van der Waals surface area contributed by atoms with E-state index in [-0.39, 0.29) is 23.8 Å². The first-order chi connectivity index (χ1) is 6.57. The lowest BCUT2D eigenvalue weighted by Gasteiger charge is -2.16. The second kappa shape index (κ2) is 5.06. The summed E-state index contributed by atoms with van der Waals surface area (Å²) in [5, 5.41) is 3.11. The molecule has 0 aromatic rings. The van der Waals surface area contributed by atoms with Gasteiger partial charge in [0.15, 0.2) is 16.1 Å². The third-order valence-electron chi connectivity index (χ3n) is 2.33. The number of rotatable bonds is 5. The van der Waals surface area contributed by atoms with Gasteiger partial charge in [-0.25, -0.2) is 8.42 Å². The monoisotopic (exact) mass is 223 g/mol. The molecule has 5 nitrogen and oxygen atoms in total. The molecule has 1 aliphatic rings. The number of ether oxygens (including phenoxy) is 2. The summed E-state index contributed by atoms with van der Waals surface area (Å²) < 4.78 is 32.2. The molecule has 1 saturated heterocycles. The van der Waals surface area contributed by atoms with Crippen molar-refractivity contribution in [1.82, 2.24) is 5.32 Å². The van der Waals surface area contributed by atoms with Crippen LogP contribution < -0.4 is 5.32 Å². The van der Waals surface area contributed by atoms with Gasteiger partial charge in [0, 0.05) is 26.8 Å². The maximum atomic E-state index is 11.1. The first-order valence-electron chi connectivity index (χ1n) is 4.57. The van der Waals surface area contributed by atoms with Crippen molar-refractivity contribution in [2.24, 2.45) is 0 Å². The molecule has 6 heteroatoms. The molecule has 1 rings (SSSR count). The first kappa shape index (κ1) is 11.9. The average Bonchev–Trinajstić information content (AvgIpc) is 2.47. The van der Waals surface area contributed by atoms with Crippen molar-refractivity contribution >= 4 is 9.84 Å². The topological polar surface area (TPSA) is 64.6 Å². The smallest absolute Gasteiger partial charge is 0.169 e. The number of nitrogens with one attached hydrogen (secondary N) is 1. The van der Waals surface area contributed by atoms with Gasteiger partial charge in [0.1, 0.15) is 0 Å². The van der Waals surface area contributed by atoms with E-state index < -0.39 is 9.84 Å². The van der Waals surface area contributed by atoms with Crippen LogP contribution in [0.5, 0.6) is 0 Å². The Morgan fingerprint density at radius 3 is 2.50 bits per heavy atom. The fourth-order valence-electron chi connectivity index (χ4n) is 1.48. The summed E-state index contributed by atoms with van der Waals surface area (Å²) in [4.78, 5) is 0. The zero-order valence-corrected chi connectivity index (χ0v) is 9.34. The molecule has 0 saturated carbocycles. The van der Waals surface area contributed by atoms with E-state index in [0.717, 1.165) is 0 Å². The molecular formula is C8H17NO4S. The van der Waals surface area contributed by atoms with Gasteiger partial charge >= 0.3 is 0 Å². The summed E-state index contributed by atoms with van der Waals surface area (Å²) >= 11 is 0. The van der Waals surface area contributed by atoms with Gasteiger partial charge in [0.25, 0.3) is 0 Å². The van der Waals surface area contributed by atoms with Gasteiger partial charge in [-0.15, -0.1) is 0 Å². The molecule has 1 unspecified atom stereocenters. The first-order valence-corrected chi connectivity index (χ1v) is 6.39. The number of sulfone groups is 1. The number of hydrogen-bond acceptors (Lipinski definition) is 5. The van der Waals surface area contributed by atoms with Crippen LogP contribution in [0.25, 0.3) is 0 Å². The molecule has 1 heterocycles. The van der Waals surface area contributed by atoms with E-state index in [4.69, 9.17) is 9.47 Å². The molecule has 0 radical (unpaired) electrons. The minimum Gasteiger partial charge on any atom is -0.355 e. The largest absolute Gasteiger partial charge is 0.355 e. The third-order valence-corrected chi connectivity index (χ3v) is 4.10. The summed E-state index contributed by atoms with van der Waals surface area (Å²) in [6.07, 6.45) is 0.376. The Bertz CT molecular complexity index is 261. The van der Waals surface area contributed by atoms with E-state index in [9.17, 15) is 8.42 Å². The predicted octanol–water partition coefficient (Wildman–Crippen LogP) is -0.618. The molecule has 0 spiro atoms. The van der Waals surface area contributed by atoms with Gasteiger partial charge < -0.3 is 14.8 Å². The minimum absolute atomic E-state index is 0.0489. The van der Waals surface area contributed by atoms with E-state index in [1.54, 1.807) is 14.2 Å². The van der Waals surface area contributed by atoms with Crippen molar-refractivity contribution in [1.29, 1.82) is 0 Å². The zero-order chi connectivity index (χ0) is 10.6. The van der Waals surface area contributed by atoms with Crippen LogP contribution in [-0.2, 0) is 19.3 Å². The second-order valence-electron chi connectivity index (χ2n) is 3.41. The van der Waals surface area contributed by atoms with Crippen molar-refractivity contribution in [3.8, 4) is 0 Å². The standard InChI is InChI=1S/C8H17NO4S/c1-12-8(13-2)5-9-7-3-4-14(10,11)6-7/h7-9H,3-6H2,1-2H3. The lowest BCUT2D eigenvalue weighted by molar-refractivity contribution is -0.0996. The van der Waals surface area contributed by atoms with Crippen molar-refractivity contribution in [3.63, 3.8) is 0 Å². The van der Waals surface area contributed by atoms with E-state index in [1.165, 1.54) is 0 Å². The maximum absolute atomic E-state index is 11.1. The van der Waals surface area contributed by atoms with Gasteiger partial charge in [-0.3, -0.25) is 0 Å². The van der Waals surface area contributed by atoms with Crippen LogP contribution in [0.1, 0.15) is 6.42 Å². The lowest BCUT2D eigenvalue weighted by Crippen LogP contribution is -2.37. The molecule has 14 heavy (non-hydrogen) atoms. The molecule has 0 bridgehead atoms. The average molecular weight is 223 g/mol. The van der Waals surface area contributed by atoms with Crippen LogP contribution >= 0.6 is 0 Å². The van der Waals surface area contributed by atoms with E-state index >= 15 is 0 Å². The zero-order valence-electron chi connectivity index (χ0n) is 8.52. The van der Waals surface area contributed by atoms with Gasteiger partial charge in [-0.2, -0.15) is 0 Å². The number of hydrogen-bond donors (Lipinski definition) is 1. The molecule has 1 N–H and O–H groups in total. The second-order valence-corrected chi connectivity index (χ2v) is 5.64. The molecule has 1 fully saturated rings. The van der Waals surface area contributed by atoms with Crippen LogP contribution in [0.3, 0.4) is 0 Å². The van der Waals surface area contributed by atoms with Gasteiger partial charge in [-0.1, -0.05) is 0 Å². The van der Waals surface area contributed by atoms with Crippen LogP contribution in [0.2, 0.25) is 0 Å². The van der Waals surface area contributed by atoms with Crippen LogP contribution in [0.4, 0.5) is 0 Å². The minimum atomic E-state index is -2.80. The highest BCUT2D eigenvalue weighted by molar-refractivity contribution is 7.91. The quantitative estimate of drug-likeness (QED) is 0.629. The SMILES string of the molecule is COC(CNC1CCS(=O)(=O)C1)OC. The highest BCUT2D eigenvalue weighted by Crippen LogP contribution is 2.11. The van der Waals surface area contributed by atoms with E-state index in [2.05, 4.69) is 5.32 Å². The van der Waals surface area contributed by atoms with Crippen LogP contribution in [0.15, 0.2) is 0 Å². The Balaban J connectivity index is 2.26. The molecule has 0 aromatic heterocycles. The summed E-state index contributed by atoms with van der Waals surface area (Å²) in [7, 11) is 0.313. The van der Waals surface area contributed by atoms with Crippen molar-refractivity contribution in [2.75, 3.05) is 32.3 Å². The molecule has 0 aliphatic carbocycles. The lowest BCUT2D eigenvalue weighted by atomic mass is 10.2. The summed E-state index contributed by atoms with van der Waals surface area (Å²) in [6.45, 7) is 0.521. The number of methoxy groups -OCH3 is 2. The van der Waals surface area contributed by atoms with Crippen molar-refractivity contribution in [3.05, 3.63) is 0 Å². The molecule has 1 atom stereocenters. The Kier molecular flexibility index (Phi) is 4.31. The summed E-state index contributed by atoms with van der Waals surface area (Å²) in [5.41, 5.74) is 0. The van der Waals surface area contributed by atoms with E-state index in [0.29, 0.717) is 13.0 Å². The van der Waals surface area contributed by atoms with Gasteiger partial charge in [0.05, 0.1) is 11.5 Å². The Morgan fingerprint density at radius 2 is 2.07 bits per heavy atom. The van der Waals surface area contributed by atoms with E-state index in [1.807, 2.05) is 0 Å². The Labute approximate surface area is 84.7 Å². The molecule has 0 amide bonds.